The summed E-state index contributed by atoms with van der Waals surface area (Å²) < 4.78 is 18.1. The molecule has 0 saturated heterocycles. The number of hydrogen-bond donors (Lipinski definition) is 1. The maximum atomic E-state index is 13.0. The summed E-state index contributed by atoms with van der Waals surface area (Å²) >= 11 is 0. The van der Waals surface area contributed by atoms with Crippen molar-refractivity contribution < 1.29 is 13.9 Å². The number of aryl methyl sites for hydroxylation is 1. The molecule has 0 atom stereocenters. The van der Waals surface area contributed by atoms with E-state index in [4.69, 9.17) is 10.5 Å². The van der Waals surface area contributed by atoms with Gasteiger partial charge in [0.1, 0.15) is 12.4 Å². The quantitative estimate of drug-likeness (QED) is 0.680. The highest BCUT2D eigenvalue weighted by Crippen LogP contribution is 2.15. The number of nitrogen functional groups attached to an aromatic ring is 1. The first-order valence-electron chi connectivity index (χ1n) is 5.84. The van der Waals surface area contributed by atoms with Crippen LogP contribution in [0.5, 0.6) is 0 Å². The zero-order chi connectivity index (χ0) is 13.8. The van der Waals surface area contributed by atoms with E-state index in [9.17, 15) is 9.18 Å². The van der Waals surface area contributed by atoms with E-state index in [1.807, 2.05) is 0 Å². The first kappa shape index (κ1) is 13.1. The van der Waals surface area contributed by atoms with Crippen molar-refractivity contribution in [3.63, 3.8) is 0 Å². The van der Waals surface area contributed by atoms with Crippen molar-refractivity contribution >= 4 is 11.7 Å². The van der Waals surface area contributed by atoms with Gasteiger partial charge in [-0.15, -0.1) is 0 Å². The fourth-order valence-corrected chi connectivity index (χ4v) is 1.71. The molecule has 0 radical (unpaired) electrons. The Morgan fingerprint density at radius 3 is 2.79 bits per heavy atom. The number of esters is 1. The van der Waals surface area contributed by atoms with Gasteiger partial charge in [0.2, 0.25) is 0 Å². The molecule has 2 rings (SSSR count). The lowest BCUT2D eigenvalue weighted by molar-refractivity contribution is 0.0471. The van der Waals surface area contributed by atoms with Crippen LogP contribution < -0.4 is 5.73 Å². The Morgan fingerprint density at radius 1 is 1.26 bits per heavy atom. The van der Waals surface area contributed by atoms with Crippen molar-refractivity contribution in [1.29, 1.82) is 0 Å². The molecule has 0 heterocycles. The summed E-state index contributed by atoms with van der Waals surface area (Å²) in [6.45, 7) is 1.84. The Bertz CT molecular complexity index is 611. The second-order valence-corrected chi connectivity index (χ2v) is 4.28. The summed E-state index contributed by atoms with van der Waals surface area (Å²) in [6.07, 6.45) is 0. The molecule has 0 aliphatic carbocycles. The first-order chi connectivity index (χ1) is 9.06. The fourth-order valence-electron chi connectivity index (χ4n) is 1.71. The van der Waals surface area contributed by atoms with Gasteiger partial charge in [-0.1, -0.05) is 18.2 Å². The van der Waals surface area contributed by atoms with Crippen molar-refractivity contribution in [1.82, 2.24) is 0 Å². The number of hydrogen-bond acceptors (Lipinski definition) is 3. The molecule has 2 aromatic carbocycles. The lowest BCUT2D eigenvalue weighted by Gasteiger charge is -2.08. The highest BCUT2D eigenvalue weighted by molar-refractivity contribution is 5.92. The van der Waals surface area contributed by atoms with E-state index in [-0.39, 0.29) is 12.4 Å². The van der Waals surface area contributed by atoms with Gasteiger partial charge < -0.3 is 10.5 Å². The Labute approximate surface area is 110 Å². The van der Waals surface area contributed by atoms with Crippen LogP contribution in [0.2, 0.25) is 0 Å². The maximum absolute atomic E-state index is 13.0. The predicted molar refractivity (Wildman–Crippen MR) is 71.1 cm³/mol. The first-order valence-corrected chi connectivity index (χ1v) is 5.84. The van der Waals surface area contributed by atoms with E-state index in [2.05, 4.69) is 0 Å². The largest absolute Gasteiger partial charge is 0.457 e. The summed E-state index contributed by atoms with van der Waals surface area (Å²) in [4.78, 5) is 11.9. The summed E-state index contributed by atoms with van der Waals surface area (Å²) in [6, 6.07) is 11.0. The molecule has 0 aliphatic rings. The molecule has 0 bridgehead atoms. The predicted octanol–water partition coefficient (Wildman–Crippen LogP) is 3.07. The van der Waals surface area contributed by atoms with Crippen LogP contribution in [0.25, 0.3) is 0 Å². The number of anilines is 1. The lowest BCUT2D eigenvalue weighted by atomic mass is 10.1. The molecule has 0 fully saturated rings. The Hall–Kier alpha value is -2.36. The molecule has 0 unspecified atom stereocenters. The van der Waals surface area contributed by atoms with Gasteiger partial charge in [-0.05, 0) is 42.3 Å². The normalized spacial score (nSPS) is 10.2. The number of halogens is 1. The number of rotatable bonds is 3. The molecule has 0 aliphatic heterocycles. The summed E-state index contributed by atoms with van der Waals surface area (Å²) in [7, 11) is 0. The zero-order valence-electron chi connectivity index (χ0n) is 10.5. The number of ether oxygens (including phenoxy) is 1. The van der Waals surface area contributed by atoms with Crippen LogP contribution in [0.1, 0.15) is 21.5 Å². The minimum absolute atomic E-state index is 0.0326. The minimum Gasteiger partial charge on any atom is -0.457 e. The van der Waals surface area contributed by atoms with Crippen LogP contribution in [-0.2, 0) is 11.3 Å². The van der Waals surface area contributed by atoms with E-state index >= 15 is 0 Å². The van der Waals surface area contributed by atoms with Gasteiger partial charge in [-0.3, -0.25) is 0 Å². The van der Waals surface area contributed by atoms with Crippen LogP contribution >= 0.6 is 0 Å². The smallest absolute Gasteiger partial charge is 0.338 e. The number of carbonyl (C=O) groups excluding carboxylic acids is 1. The third-order valence-electron chi connectivity index (χ3n) is 2.74. The second-order valence-electron chi connectivity index (χ2n) is 4.28. The van der Waals surface area contributed by atoms with Crippen LogP contribution in [-0.4, -0.2) is 5.97 Å². The van der Waals surface area contributed by atoms with E-state index < -0.39 is 5.97 Å². The van der Waals surface area contributed by atoms with Gasteiger partial charge in [-0.25, -0.2) is 9.18 Å². The number of nitrogens with two attached hydrogens (primary N) is 1. The third kappa shape index (κ3) is 3.31. The molecule has 0 spiro atoms. The molecule has 19 heavy (non-hydrogen) atoms. The maximum Gasteiger partial charge on any atom is 0.338 e. The average molecular weight is 259 g/mol. The average Bonchev–Trinajstić information content (AvgIpc) is 2.39. The lowest BCUT2D eigenvalue weighted by Crippen LogP contribution is -2.08. The summed E-state index contributed by atoms with van der Waals surface area (Å²) in [5.41, 5.74) is 7.96. The molecular formula is C15H14FNO2. The van der Waals surface area contributed by atoms with Crippen molar-refractivity contribution in [2.24, 2.45) is 0 Å². The Balaban J connectivity index is 2.07. The van der Waals surface area contributed by atoms with Gasteiger partial charge in [0.05, 0.1) is 5.56 Å². The molecule has 3 nitrogen and oxygen atoms in total. The summed E-state index contributed by atoms with van der Waals surface area (Å²) in [5, 5.41) is 0. The van der Waals surface area contributed by atoms with Crippen LogP contribution in [0.4, 0.5) is 10.1 Å². The van der Waals surface area contributed by atoms with Crippen LogP contribution in [0.3, 0.4) is 0 Å². The van der Waals surface area contributed by atoms with Crippen molar-refractivity contribution in [2.45, 2.75) is 13.5 Å². The number of carbonyl (C=O) groups is 1. The molecule has 0 saturated carbocycles. The second kappa shape index (κ2) is 5.52. The van der Waals surface area contributed by atoms with Gasteiger partial charge in [0.25, 0.3) is 0 Å². The van der Waals surface area contributed by atoms with Crippen molar-refractivity contribution in [2.75, 3.05) is 5.73 Å². The van der Waals surface area contributed by atoms with Crippen molar-refractivity contribution in [3.8, 4) is 0 Å². The topological polar surface area (TPSA) is 52.3 Å². The van der Waals surface area contributed by atoms with E-state index in [1.54, 1.807) is 37.3 Å². The molecular weight excluding hydrogens is 245 g/mol. The zero-order valence-corrected chi connectivity index (χ0v) is 10.5. The van der Waals surface area contributed by atoms with Crippen molar-refractivity contribution in [3.05, 3.63) is 65.0 Å². The highest BCUT2D eigenvalue weighted by Gasteiger charge is 2.11. The van der Waals surface area contributed by atoms with Gasteiger partial charge in [0, 0.05) is 5.69 Å². The van der Waals surface area contributed by atoms with Gasteiger partial charge in [-0.2, -0.15) is 0 Å². The molecule has 2 aromatic rings. The molecule has 0 amide bonds. The van der Waals surface area contributed by atoms with Crippen LogP contribution in [0.15, 0.2) is 42.5 Å². The standard InChI is InChI=1S/C15H14FNO2/c1-10-5-6-13(17)8-14(10)15(18)19-9-11-3-2-4-12(16)7-11/h2-8H,9,17H2,1H3. The van der Waals surface area contributed by atoms with Gasteiger partial charge in [0.15, 0.2) is 0 Å². The monoisotopic (exact) mass is 259 g/mol. The molecule has 98 valence electrons. The summed E-state index contributed by atoms with van der Waals surface area (Å²) in [5.74, 6) is -0.817. The van der Waals surface area contributed by atoms with E-state index in [0.29, 0.717) is 16.8 Å². The van der Waals surface area contributed by atoms with Gasteiger partial charge >= 0.3 is 5.97 Å². The van der Waals surface area contributed by atoms with E-state index in [0.717, 1.165) is 5.56 Å². The Morgan fingerprint density at radius 2 is 2.05 bits per heavy atom. The fraction of sp³-hybridized carbons (Fsp3) is 0.133. The third-order valence-corrected chi connectivity index (χ3v) is 2.74. The van der Waals surface area contributed by atoms with E-state index in [1.165, 1.54) is 12.1 Å². The molecule has 2 N–H and O–H groups in total. The SMILES string of the molecule is Cc1ccc(N)cc1C(=O)OCc1cccc(F)c1. The van der Waals surface area contributed by atoms with Crippen LogP contribution in [0, 0.1) is 12.7 Å². The Kier molecular flexibility index (Phi) is 3.80. The molecule has 0 aromatic heterocycles. The number of benzene rings is 2. The molecule has 4 heteroatoms. The minimum atomic E-state index is -0.464. The highest BCUT2D eigenvalue weighted by atomic mass is 19.1.